The van der Waals surface area contributed by atoms with Crippen LogP contribution in [-0.2, 0) is 11.4 Å². The molecule has 0 aromatic heterocycles. The molecule has 1 N–H and O–H groups in total. The summed E-state index contributed by atoms with van der Waals surface area (Å²) in [4.78, 5) is 12.7. The first kappa shape index (κ1) is 24.0. The van der Waals surface area contributed by atoms with Crippen molar-refractivity contribution >= 4 is 64.1 Å². The lowest BCUT2D eigenvalue weighted by Gasteiger charge is -2.12. The third kappa shape index (κ3) is 6.18. The molecule has 0 aliphatic carbocycles. The minimum Gasteiger partial charge on any atom is -0.488 e. The van der Waals surface area contributed by atoms with Gasteiger partial charge in [-0.05, 0) is 66.6 Å². The molecule has 0 fully saturated rings. The lowest BCUT2D eigenvalue weighted by molar-refractivity contribution is -0.112. The molecule has 0 spiro atoms. The van der Waals surface area contributed by atoms with Crippen LogP contribution in [0.4, 0.5) is 5.69 Å². The number of aryl methyl sites for hydroxylation is 1. The number of halogens is 4. The largest absolute Gasteiger partial charge is 0.488 e. The number of anilines is 1. The Morgan fingerprint density at radius 1 is 1.00 bits per heavy atom. The molecule has 4 nitrogen and oxygen atoms in total. The van der Waals surface area contributed by atoms with E-state index in [0.717, 1.165) is 11.1 Å². The van der Waals surface area contributed by atoms with Crippen molar-refractivity contribution in [2.45, 2.75) is 13.5 Å². The molecule has 0 heterocycles. The predicted molar refractivity (Wildman–Crippen MR) is 131 cm³/mol. The van der Waals surface area contributed by atoms with Gasteiger partial charge in [0.1, 0.15) is 24.0 Å². The van der Waals surface area contributed by atoms with E-state index in [1.54, 1.807) is 54.6 Å². The Balaban J connectivity index is 1.85. The SMILES string of the molecule is Cc1ccc(Cl)cc1NC(=O)/C(C#N)=C/c1cc(Cl)ccc1OCc1ccc(Cl)c(Cl)c1. The Bertz CT molecular complexity index is 1250. The zero-order valence-electron chi connectivity index (χ0n) is 16.8. The summed E-state index contributed by atoms with van der Waals surface area (Å²) >= 11 is 24.1. The highest BCUT2D eigenvalue weighted by Crippen LogP contribution is 2.28. The zero-order chi connectivity index (χ0) is 23.3. The lowest BCUT2D eigenvalue weighted by Crippen LogP contribution is -2.14. The number of rotatable bonds is 6. The third-order valence-corrected chi connectivity index (χ3v) is 5.67. The number of ether oxygens (including phenoxy) is 1. The van der Waals surface area contributed by atoms with Crippen molar-refractivity contribution < 1.29 is 9.53 Å². The van der Waals surface area contributed by atoms with Gasteiger partial charge in [0, 0.05) is 21.3 Å². The number of hydrogen-bond donors (Lipinski definition) is 1. The van der Waals surface area contributed by atoms with Crippen LogP contribution in [-0.4, -0.2) is 5.91 Å². The number of amides is 1. The summed E-state index contributed by atoms with van der Waals surface area (Å²) in [7, 11) is 0. The van der Waals surface area contributed by atoms with Crippen molar-refractivity contribution in [3.63, 3.8) is 0 Å². The van der Waals surface area contributed by atoms with Crippen molar-refractivity contribution in [2.75, 3.05) is 5.32 Å². The molecule has 8 heteroatoms. The van der Waals surface area contributed by atoms with Crippen LogP contribution in [0, 0.1) is 18.3 Å². The molecule has 3 aromatic rings. The van der Waals surface area contributed by atoms with Gasteiger partial charge in [-0.2, -0.15) is 5.26 Å². The van der Waals surface area contributed by atoms with Crippen molar-refractivity contribution in [1.29, 1.82) is 5.26 Å². The fourth-order valence-corrected chi connectivity index (χ4v) is 3.45. The Kier molecular flexibility index (Phi) is 8.06. The molecule has 162 valence electrons. The monoisotopic (exact) mass is 504 g/mol. The molecule has 0 aliphatic rings. The second kappa shape index (κ2) is 10.8. The van der Waals surface area contributed by atoms with Crippen LogP contribution in [0.3, 0.4) is 0 Å². The molecule has 0 atom stereocenters. The standard InChI is InChI=1S/C24H16Cl4N2O2/c1-14-2-4-19(26)11-22(14)30-24(31)17(12-29)9-16-10-18(25)5-7-23(16)32-13-15-3-6-20(27)21(28)8-15/h2-11H,13H2,1H3,(H,30,31)/b17-9+. The van der Waals surface area contributed by atoms with Crippen LogP contribution in [0.1, 0.15) is 16.7 Å². The summed E-state index contributed by atoms with van der Waals surface area (Å²) in [5.74, 6) is -0.131. The van der Waals surface area contributed by atoms with Crippen LogP contribution < -0.4 is 10.1 Å². The van der Waals surface area contributed by atoms with Crippen molar-refractivity contribution in [3.05, 3.63) is 97.0 Å². The van der Waals surface area contributed by atoms with E-state index < -0.39 is 5.91 Å². The van der Waals surface area contributed by atoms with Gasteiger partial charge < -0.3 is 10.1 Å². The number of hydrogen-bond acceptors (Lipinski definition) is 3. The van der Waals surface area contributed by atoms with Gasteiger partial charge in [0.25, 0.3) is 5.91 Å². The number of nitrogens with zero attached hydrogens (tertiary/aromatic N) is 1. The van der Waals surface area contributed by atoms with Gasteiger partial charge in [0.05, 0.1) is 10.0 Å². The fraction of sp³-hybridized carbons (Fsp3) is 0.0833. The van der Waals surface area contributed by atoms with Gasteiger partial charge in [0.15, 0.2) is 0 Å². The van der Waals surface area contributed by atoms with Gasteiger partial charge in [-0.1, -0.05) is 58.5 Å². The van der Waals surface area contributed by atoms with E-state index in [4.69, 9.17) is 51.1 Å². The van der Waals surface area contributed by atoms with Gasteiger partial charge in [-0.25, -0.2) is 0 Å². The summed E-state index contributed by atoms with van der Waals surface area (Å²) in [5.41, 5.74) is 2.50. The van der Waals surface area contributed by atoms with Gasteiger partial charge >= 0.3 is 0 Å². The van der Waals surface area contributed by atoms with E-state index >= 15 is 0 Å². The summed E-state index contributed by atoms with van der Waals surface area (Å²) in [6, 6.07) is 17.2. The number of carbonyl (C=O) groups is 1. The molecular weight excluding hydrogens is 490 g/mol. The molecule has 0 saturated heterocycles. The maximum atomic E-state index is 12.7. The van der Waals surface area contributed by atoms with Gasteiger partial charge in [-0.3, -0.25) is 4.79 Å². The highest BCUT2D eigenvalue weighted by atomic mass is 35.5. The highest BCUT2D eigenvalue weighted by Gasteiger charge is 2.13. The first-order valence-corrected chi connectivity index (χ1v) is 10.8. The predicted octanol–water partition coefficient (Wildman–Crippen LogP) is 7.73. The second-order valence-electron chi connectivity index (χ2n) is 6.80. The Labute approximate surface area is 205 Å². The van der Waals surface area contributed by atoms with Crippen LogP contribution in [0.2, 0.25) is 20.1 Å². The van der Waals surface area contributed by atoms with Crippen LogP contribution in [0.5, 0.6) is 5.75 Å². The lowest BCUT2D eigenvalue weighted by atomic mass is 10.1. The van der Waals surface area contributed by atoms with E-state index in [2.05, 4.69) is 5.32 Å². The van der Waals surface area contributed by atoms with Crippen molar-refractivity contribution in [1.82, 2.24) is 0 Å². The zero-order valence-corrected chi connectivity index (χ0v) is 19.8. The Hall–Kier alpha value is -2.68. The average molecular weight is 506 g/mol. The second-order valence-corrected chi connectivity index (χ2v) is 8.49. The van der Waals surface area contributed by atoms with Crippen LogP contribution in [0.15, 0.2) is 60.2 Å². The number of nitriles is 1. The van der Waals surface area contributed by atoms with Crippen molar-refractivity contribution in [3.8, 4) is 11.8 Å². The summed E-state index contributed by atoms with van der Waals surface area (Å²) < 4.78 is 5.89. The molecule has 3 rings (SSSR count). The first-order valence-electron chi connectivity index (χ1n) is 9.32. The Morgan fingerprint density at radius 2 is 1.72 bits per heavy atom. The van der Waals surface area contributed by atoms with Crippen LogP contribution >= 0.6 is 46.4 Å². The minimum atomic E-state index is -0.576. The highest BCUT2D eigenvalue weighted by molar-refractivity contribution is 6.42. The van der Waals surface area contributed by atoms with E-state index in [1.165, 1.54) is 6.08 Å². The van der Waals surface area contributed by atoms with E-state index in [9.17, 15) is 10.1 Å². The third-order valence-electron chi connectivity index (χ3n) is 4.46. The van der Waals surface area contributed by atoms with Gasteiger partial charge in [0.2, 0.25) is 0 Å². The van der Waals surface area contributed by atoms with E-state index in [-0.39, 0.29) is 12.2 Å². The van der Waals surface area contributed by atoms with E-state index in [0.29, 0.717) is 37.1 Å². The molecule has 0 aliphatic heterocycles. The number of carbonyl (C=O) groups excluding carboxylic acids is 1. The average Bonchev–Trinajstić information content (AvgIpc) is 2.76. The molecule has 0 unspecified atom stereocenters. The molecular formula is C24H16Cl4N2O2. The molecule has 3 aromatic carbocycles. The quantitative estimate of drug-likeness (QED) is 0.275. The maximum absolute atomic E-state index is 12.7. The Morgan fingerprint density at radius 3 is 2.44 bits per heavy atom. The smallest absolute Gasteiger partial charge is 0.266 e. The molecule has 0 radical (unpaired) electrons. The molecule has 0 saturated carbocycles. The minimum absolute atomic E-state index is 0.119. The number of benzene rings is 3. The van der Waals surface area contributed by atoms with Crippen LogP contribution in [0.25, 0.3) is 6.08 Å². The molecule has 1 amide bonds. The normalized spacial score (nSPS) is 11.1. The topological polar surface area (TPSA) is 62.1 Å². The first-order chi connectivity index (χ1) is 15.3. The van der Waals surface area contributed by atoms with Gasteiger partial charge in [-0.15, -0.1) is 0 Å². The summed E-state index contributed by atoms with van der Waals surface area (Å²) in [6.45, 7) is 2.03. The van der Waals surface area contributed by atoms with E-state index in [1.807, 2.05) is 13.0 Å². The summed E-state index contributed by atoms with van der Waals surface area (Å²) in [5, 5.41) is 14.1. The number of nitrogens with one attached hydrogen (secondary N) is 1. The molecule has 32 heavy (non-hydrogen) atoms. The van der Waals surface area contributed by atoms with Crippen molar-refractivity contribution in [2.24, 2.45) is 0 Å². The summed E-state index contributed by atoms with van der Waals surface area (Å²) in [6.07, 6.45) is 1.42. The fourth-order valence-electron chi connectivity index (χ4n) is 2.78. The molecule has 0 bridgehead atoms. The maximum Gasteiger partial charge on any atom is 0.266 e.